The van der Waals surface area contributed by atoms with Crippen LogP contribution in [-0.4, -0.2) is 12.3 Å². The van der Waals surface area contributed by atoms with Crippen molar-refractivity contribution in [2.45, 2.75) is 6.92 Å². The fourth-order valence-electron chi connectivity index (χ4n) is 1.24. The van der Waals surface area contributed by atoms with E-state index in [0.29, 0.717) is 0 Å². The van der Waals surface area contributed by atoms with E-state index in [1.165, 1.54) is 0 Å². The number of hydrogen-bond acceptors (Lipinski definition) is 3. The first-order valence-electron chi connectivity index (χ1n) is 3.70. The van der Waals surface area contributed by atoms with Crippen molar-refractivity contribution in [3.8, 4) is 5.75 Å². The van der Waals surface area contributed by atoms with Crippen LogP contribution in [0.25, 0.3) is 11.0 Å². The average molecular weight is 163 g/mol. The van der Waals surface area contributed by atoms with E-state index in [9.17, 15) is 0 Å². The summed E-state index contributed by atoms with van der Waals surface area (Å²) < 4.78 is 10.1. The highest BCUT2D eigenvalue weighted by Crippen LogP contribution is 2.23. The average Bonchev–Trinajstić information content (AvgIpc) is 2.52. The maximum absolute atomic E-state index is 5.10. The van der Waals surface area contributed by atoms with Crippen LogP contribution in [0.4, 0.5) is 0 Å². The van der Waals surface area contributed by atoms with E-state index in [0.717, 1.165) is 22.3 Å². The second kappa shape index (κ2) is 2.52. The van der Waals surface area contributed by atoms with Crippen molar-refractivity contribution < 1.29 is 9.26 Å². The number of hydrogen-bond donors (Lipinski definition) is 0. The van der Waals surface area contributed by atoms with Crippen LogP contribution in [0.5, 0.6) is 5.75 Å². The number of rotatable bonds is 1. The van der Waals surface area contributed by atoms with Crippen molar-refractivity contribution >= 4 is 11.0 Å². The quantitative estimate of drug-likeness (QED) is 0.646. The molecule has 12 heavy (non-hydrogen) atoms. The second-order valence-electron chi connectivity index (χ2n) is 2.69. The maximum atomic E-state index is 5.10. The summed E-state index contributed by atoms with van der Waals surface area (Å²) in [7, 11) is 1.65. The normalized spacial score (nSPS) is 10.5. The molecular formula is C9H9NO2. The number of aromatic nitrogens is 1. The van der Waals surface area contributed by atoms with Crippen LogP contribution in [-0.2, 0) is 0 Å². The minimum Gasteiger partial charge on any atom is -0.497 e. The zero-order valence-electron chi connectivity index (χ0n) is 7.00. The molecule has 0 saturated heterocycles. The number of fused-ring (bicyclic) bond motifs is 1. The van der Waals surface area contributed by atoms with Gasteiger partial charge in [0.2, 0.25) is 0 Å². The maximum Gasteiger partial charge on any atom is 0.170 e. The molecule has 0 N–H and O–H groups in total. The van der Waals surface area contributed by atoms with Crippen molar-refractivity contribution in [2.24, 2.45) is 0 Å². The van der Waals surface area contributed by atoms with Gasteiger partial charge in [-0.3, -0.25) is 0 Å². The van der Waals surface area contributed by atoms with E-state index in [1.54, 1.807) is 13.3 Å². The third-order valence-corrected chi connectivity index (χ3v) is 1.85. The summed E-state index contributed by atoms with van der Waals surface area (Å²) in [5.74, 6) is 0.836. The zero-order valence-corrected chi connectivity index (χ0v) is 7.00. The van der Waals surface area contributed by atoms with Gasteiger partial charge in [-0.15, -0.1) is 0 Å². The Labute approximate surface area is 69.9 Å². The highest BCUT2D eigenvalue weighted by atomic mass is 16.5. The van der Waals surface area contributed by atoms with Crippen LogP contribution >= 0.6 is 0 Å². The molecule has 0 spiro atoms. The van der Waals surface area contributed by atoms with Gasteiger partial charge in [0, 0.05) is 5.39 Å². The summed E-state index contributed by atoms with van der Waals surface area (Å²) >= 11 is 0. The minimum absolute atomic E-state index is 0.829. The van der Waals surface area contributed by atoms with Crippen LogP contribution in [0.2, 0.25) is 0 Å². The Morgan fingerprint density at radius 1 is 1.42 bits per heavy atom. The molecule has 1 heterocycles. The van der Waals surface area contributed by atoms with Crippen LogP contribution in [0.1, 0.15) is 5.56 Å². The van der Waals surface area contributed by atoms with Gasteiger partial charge in [-0.1, -0.05) is 5.16 Å². The molecule has 0 aliphatic carbocycles. The van der Waals surface area contributed by atoms with Crippen molar-refractivity contribution in [3.63, 3.8) is 0 Å². The van der Waals surface area contributed by atoms with Gasteiger partial charge in [-0.25, -0.2) is 0 Å². The Morgan fingerprint density at radius 2 is 2.25 bits per heavy atom. The zero-order chi connectivity index (χ0) is 8.55. The molecule has 0 unspecified atom stereocenters. The summed E-state index contributed by atoms with van der Waals surface area (Å²) in [6, 6.07) is 3.83. The Morgan fingerprint density at radius 3 is 3.00 bits per heavy atom. The predicted molar refractivity (Wildman–Crippen MR) is 45.3 cm³/mol. The summed E-state index contributed by atoms with van der Waals surface area (Å²) in [6.07, 6.45) is 1.69. The van der Waals surface area contributed by atoms with Gasteiger partial charge >= 0.3 is 0 Å². The largest absolute Gasteiger partial charge is 0.497 e. The SMILES string of the molecule is COc1cc(C)c2oncc2c1. The molecule has 2 rings (SSSR count). The number of ether oxygens (including phenoxy) is 1. The lowest BCUT2D eigenvalue weighted by Crippen LogP contribution is -1.83. The molecule has 62 valence electrons. The molecule has 1 aromatic heterocycles. The molecule has 0 atom stereocenters. The lowest BCUT2D eigenvalue weighted by atomic mass is 10.2. The standard InChI is InChI=1S/C9H9NO2/c1-6-3-8(11-2)4-7-5-10-12-9(6)7/h3-5H,1-2H3. The molecule has 3 heteroatoms. The van der Waals surface area contributed by atoms with E-state index >= 15 is 0 Å². The molecule has 0 amide bonds. The number of benzene rings is 1. The van der Waals surface area contributed by atoms with E-state index in [1.807, 2.05) is 19.1 Å². The highest BCUT2D eigenvalue weighted by Gasteiger charge is 2.04. The summed E-state index contributed by atoms with van der Waals surface area (Å²) in [4.78, 5) is 0. The van der Waals surface area contributed by atoms with Gasteiger partial charge < -0.3 is 9.26 Å². The first kappa shape index (κ1) is 7.16. The number of methoxy groups -OCH3 is 1. The van der Waals surface area contributed by atoms with Crippen molar-refractivity contribution in [3.05, 3.63) is 23.9 Å². The van der Waals surface area contributed by atoms with Crippen molar-refractivity contribution in [2.75, 3.05) is 7.11 Å². The van der Waals surface area contributed by atoms with Crippen molar-refractivity contribution in [1.82, 2.24) is 5.16 Å². The first-order chi connectivity index (χ1) is 5.81. The smallest absolute Gasteiger partial charge is 0.170 e. The molecule has 1 aromatic carbocycles. The van der Waals surface area contributed by atoms with Crippen LogP contribution < -0.4 is 4.74 Å². The van der Waals surface area contributed by atoms with Crippen LogP contribution in [0.15, 0.2) is 22.9 Å². The van der Waals surface area contributed by atoms with Gasteiger partial charge in [0.05, 0.1) is 13.3 Å². The first-order valence-corrected chi connectivity index (χ1v) is 3.70. The van der Waals surface area contributed by atoms with Crippen LogP contribution in [0, 0.1) is 6.92 Å². The molecular weight excluding hydrogens is 154 g/mol. The molecule has 0 radical (unpaired) electrons. The van der Waals surface area contributed by atoms with Gasteiger partial charge in [-0.05, 0) is 24.6 Å². The second-order valence-corrected chi connectivity index (χ2v) is 2.69. The molecule has 2 aromatic rings. The topological polar surface area (TPSA) is 35.3 Å². The molecule has 0 aliphatic heterocycles. The van der Waals surface area contributed by atoms with Crippen molar-refractivity contribution in [1.29, 1.82) is 0 Å². The van der Waals surface area contributed by atoms with E-state index in [2.05, 4.69) is 5.16 Å². The predicted octanol–water partition coefficient (Wildman–Crippen LogP) is 2.14. The van der Waals surface area contributed by atoms with Crippen LogP contribution in [0.3, 0.4) is 0 Å². The van der Waals surface area contributed by atoms with Gasteiger partial charge in [0.25, 0.3) is 0 Å². The van der Waals surface area contributed by atoms with E-state index in [4.69, 9.17) is 9.26 Å². The molecule has 0 aliphatic rings. The summed E-state index contributed by atoms with van der Waals surface area (Å²) in [6.45, 7) is 1.97. The Bertz CT molecular complexity index is 406. The van der Waals surface area contributed by atoms with E-state index < -0.39 is 0 Å². The summed E-state index contributed by atoms with van der Waals surface area (Å²) in [5, 5.41) is 4.69. The van der Waals surface area contributed by atoms with Gasteiger partial charge in [0.1, 0.15) is 5.75 Å². The summed E-state index contributed by atoms with van der Waals surface area (Å²) in [5.41, 5.74) is 1.87. The number of nitrogens with zero attached hydrogens (tertiary/aromatic N) is 1. The fraction of sp³-hybridized carbons (Fsp3) is 0.222. The third kappa shape index (κ3) is 0.942. The monoisotopic (exact) mass is 163 g/mol. The fourth-order valence-corrected chi connectivity index (χ4v) is 1.24. The van der Waals surface area contributed by atoms with E-state index in [-0.39, 0.29) is 0 Å². The molecule has 0 saturated carbocycles. The Balaban J connectivity index is 2.75. The molecule has 0 bridgehead atoms. The molecule has 0 fully saturated rings. The number of aryl methyl sites for hydroxylation is 1. The Hall–Kier alpha value is -1.51. The third-order valence-electron chi connectivity index (χ3n) is 1.85. The molecule has 3 nitrogen and oxygen atoms in total. The Kier molecular flexibility index (Phi) is 1.50. The minimum atomic E-state index is 0.829. The lowest BCUT2D eigenvalue weighted by molar-refractivity contribution is 0.414. The van der Waals surface area contributed by atoms with Gasteiger partial charge in [0.15, 0.2) is 5.58 Å². The lowest BCUT2D eigenvalue weighted by Gasteiger charge is -1.99. The highest BCUT2D eigenvalue weighted by molar-refractivity contribution is 5.80. The van der Waals surface area contributed by atoms with Gasteiger partial charge in [-0.2, -0.15) is 0 Å².